The molecule has 19 heavy (non-hydrogen) atoms. The monoisotopic (exact) mass is 251 g/mol. The van der Waals surface area contributed by atoms with Gasteiger partial charge in [0, 0.05) is 17.6 Å². The Bertz CT molecular complexity index is 693. The molecule has 0 saturated carbocycles. The third kappa shape index (κ3) is 2.60. The van der Waals surface area contributed by atoms with Crippen LogP contribution in [0.1, 0.15) is 16.7 Å². The second-order valence-electron chi connectivity index (χ2n) is 5.02. The first-order chi connectivity index (χ1) is 9.20. The number of fused-ring (bicyclic) bond motifs is 1. The van der Waals surface area contributed by atoms with Crippen LogP contribution in [0.25, 0.3) is 10.9 Å². The van der Waals surface area contributed by atoms with E-state index in [0.29, 0.717) is 0 Å². The van der Waals surface area contributed by atoms with E-state index in [1.807, 2.05) is 12.3 Å². The van der Waals surface area contributed by atoms with Gasteiger partial charge in [0.05, 0.1) is 11.7 Å². The van der Waals surface area contributed by atoms with Gasteiger partial charge in [-0.1, -0.05) is 29.3 Å². The van der Waals surface area contributed by atoms with Crippen molar-refractivity contribution in [3.8, 4) is 0 Å². The first-order valence-corrected chi connectivity index (χ1v) is 6.45. The molecule has 0 aliphatic carbocycles. The number of benzene rings is 2. The number of nitrogens with zero attached hydrogens (tertiary/aromatic N) is 1. The molecule has 3 heteroatoms. The summed E-state index contributed by atoms with van der Waals surface area (Å²) in [5, 5.41) is 11.6. The summed E-state index contributed by atoms with van der Waals surface area (Å²) in [7, 11) is 0. The quantitative estimate of drug-likeness (QED) is 0.743. The van der Waals surface area contributed by atoms with Gasteiger partial charge in [-0.3, -0.25) is 5.10 Å². The number of hydrogen-bond acceptors (Lipinski definition) is 2. The summed E-state index contributed by atoms with van der Waals surface area (Å²) in [5.41, 5.74) is 6.11. The minimum Gasteiger partial charge on any atom is -0.381 e. The van der Waals surface area contributed by atoms with Crippen LogP contribution in [0.15, 0.2) is 42.6 Å². The molecule has 0 aliphatic rings. The molecule has 2 aromatic carbocycles. The van der Waals surface area contributed by atoms with E-state index in [-0.39, 0.29) is 0 Å². The maximum absolute atomic E-state index is 4.03. The van der Waals surface area contributed by atoms with Crippen molar-refractivity contribution in [1.29, 1.82) is 0 Å². The van der Waals surface area contributed by atoms with Crippen LogP contribution in [0.2, 0.25) is 0 Å². The van der Waals surface area contributed by atoms with Gasteiger partial charge < -0.3 is 5.32 Å². The minimum atomic E-state index is 0.839. The van der Waals surface area contributed by atoms with Crippen LogP contribution in [-0.4, -0.2) is 10.2 Å². The van der Waals surface area contributed by atoms with E-state index in [9.17, 15) is 0 Å². The third-order valence-corrected chi connectivity index (χ3v) is 3.22. The number of anilines is 1. The van der Waals surface area contributed by atoms with E-state index in [2.05, 4.69) is 59.7 Å². The third-order valence-electron chi connectivity index (χ3n) is 3.22. The second kappa shape index (κ2) is 4.76. The number of rotatable bonds is 3. The van der Waals surface area contributed by atoms with Crippen molar-refractivity contribution < 1.29 is 0 Å². The summed E-state index contributed by atoms with van der Waals surface area (Å²) in [4.78, 5) is 0. The molecule has 0 radical (unpaired) electrons. The molecule has 0 aliphatic heterocycles. The number of aromatic amines is 1. The Morgan fingerprint density at radius 1 is 1.05 bits per heavy atom. The maximum atomic E-state index is 4.03. The van der Waals surface area contributed by atoms with E-state index in [4.69, 9.17) is 0 Å². The summed E-state index contributed by atoms with van der Waals surface area (Å²) in [6.45, 7) is 5.11. The van der Waals surface area contributed by atoms with Crippen LogP contribution < -0.4 is 5.32 Å². The highest BCUT2D eigenvalue weighted by Crippen LogP contribution is 2.18. The molecule has 0 atom stereocenters. The second-order valence-corrected chi connectivity index (χ2v) is 5.02. The van der Waals surface area contributed by atoms with Crippen molar-refractivity contribution in [3.05, 3.63) is 59.3 Å². The highest BCUT2D eigenvalue weighted by Gasteiger charge is 1.99. The summed E-state index contributed by atoms with van der Waals surface area (Å²) in [6.07, 6.45) is 1.84. The molecule has 0 unspecified atom stereocenters. The van der Waals surface area contributed by atoms with E-state index in [1.165, 1.54) is 16.7 Å². The minimum absolute atomic E-state index is 0.839. The highest BCUT2D eigenvalue weighted by atomic mass is 15.1. The number of nitrogens with one attached hydrogen (secondary N) is 2. The first kappa shape index (κ1) is 11.8. The fourth-order valence-corrected chi connectivity index (χ4v) is 2.43. The lowest BCUT2D eigenvalue weighted by atomic mass is 10.1. The molecule has 1 aromatic heterocycles. The molecule has 0 saturated heterocycles. The van der Waals surface area contributed by atoms with Gasteiger partial charge in [0.15, 0.2) is 0 Å². The van der Waals surface area contributed by atoms with Gasteiger partial charge in [-0.05, 0) is 37.6 Å². The summed E-state index contributed by atoms with van der Waals surface area (Å²) in [6, 6.07) is 12.9. The Morgan fingerprint density at radius 3 is 2.63 bits per heavy atom. The van der Waals surface area contributed by atoms with Gasteiger partial charge in [0.1, 0.15) is 0 Å². The average molecular weight is 251 g/mol. The van der Waals surface area contributed by atoms with Crippen molar-refractivity contribution in [2.24, 2.45) is 0 Å². The summed E-state index contributed by atoms with van der Waals surface area (Å²) >= 11 is 0. The van der Waals surface area contributed by atoms with Gasteiger partial charge in [-0.25, -0.2) is 0 Å². The molecule has 0 amide bonds. The topological polar surface area (TPSA) is 40.7 Å². The molecular weight excluding hydrogens is 234 g/mol. The molecule has 0 bridgehead atoms. The van der Waals surface area contributed by atoms with Crippen LogP contribution in [0.3, 0.4) is 0 Å². The largest absolute Gasteiger partial charge is 0.381 e. The normalized spacial score (nSPS) is 10.8. The molecule has 2 N–H and O–H groups in total. The molecule has 0 fully saturated rings. The van der Waals surface area contributed by atoms with E-state index in [1.54, 1.807) is 0 Å². The molecular formula is C16H17N3. The lowest BCUT2D eigenvalue weighted by Crippen LogP contribution is -2.00. The summed E-state index contributed by atoms with van der Waals surface area (Å²) < 4.78 is 0. The standard InChI is InChI=1S/C16H17N3/c1-11-5-12(2)7-13(6-11)9-17-15-3-4-16-14(8-15)10-18-19-16/h3-8,10,17H,9H2,1-2H3,(H,18,19). The van der Waals surface area contributed by atoms with Crippen molar-refractivity contribution in [2.45, 2.75) is 20.4 Å². The molecule has 96 valence electrons. The van der Waals surface area contributed by atoms with Gasteiger partial charge in [-0.15, -0.1) is 0 Å². The fourth-order valence-electron chi connectivity index (χ4n) is 2.43. The predicted molar refractivity (Wildman–Crippen MR) is 79.3 cm³/mol. The van der Waals surface area contributed by atoms with Crippen molar-refractivity contribution >= 4 is 16.6 Å². The number of aryl methyl sites for hydroxylation is 2. The van der Waals surface area contributed by atoms with Crippen LogP contribution in [0.5, 0.6) is 0 Å². The highest BCUT2D eigenvalue weighted by molar-refractivity contribution is 5.81. The number of aromatic nitrogens is 2. The average Bonchev–Trinajstić information content (AvgIpc) is 2.82. The smallest absolute Gasteiger partial charge is 0.0651 e. The zero-order valence-electron chi connectivity index (χ0n) is 11.2. The van der Waals surface area contributed by atoms with E-state index >= 15 is 0 Å². The predicted octanol–water partition coefficient (Wildman–Crippen LogP) is 3.79. The Balaban J connectivity index is 1.77. The Labute approximate surface area is 112 Å². The van der Waals surface area contributed by atoms with Gasteiger partial charge in [0.2, 0.25) is 0 Å². The van der Waals surface area contributed by atoms with Crippen LogP contribution in [0.4, 0.5) is 5.69 Å². The molecule has 3 rings (SSSR count). The van der Waals surface area contributed by atoms with E-state index in [0.717, 1.165) is 23.1 Å². The molecule has 3 nitrogen and oxygen atoms in total. The van der Waals surface area contributed by atoms with Crippen molar-refractivity contribution in [3.63, 3.8) is 0 Å². The number of hydrogen-bond donors (Lipinski definition) is 2. The van der Waals surface area contributed by atoms with Gasteiger partial charge in [-0.2, -0.15) is 5.10 Å². The molecule has 1 heterocycles. The first-order valence-electron chi connectivity index (χ1n) is 6.45. The van der Waals surface area contributed by atoms with Crippen molar-refractivity contribution in [2.75, 3.05) is 5.32 Å². The van der Waals surface area contributed by atoms with Crippen LogP contribution >= 0.6 is 0 Å². The summed E-state index contributed by atoms with van der Waals surface area (Å²) in [5.74, 6) is 0. The van der Waals surface area contributed by atoms with Crippen molar-refractivity contribution in [1.82, 2.24) is 10.2 Å². The fraction of sp³-hybridized carbons (Fsp3) is 0.188. The zero-order valence-corrected chi connectivity index (χ0v) is 11.2. The van der Waals surface area contributed by atoms with Gasteiger partial charge >= 0.3 is 0 Å². The maximum Gasteiger partial charge on any atom is 0.0651 e. The Kier molecular flexibility index (Phi) is 2.95. The van der Waals surface area contributed by atoms with Crippen LogP contribution in [0, 0.1) is 13.8 Å². The van der Waals surface area contributed by atoms with E-state index < -0.39 is 0 Å². The SMILES string of the molecule is Cc1cc(C)cc(CNc2ccc3[nH]ncc3c2)c1. The Morgan fingerprint density at radius 2 is 1.84 bits per heavy atom. The zero-order chi connectivity index (χ0) is 13.2. The lowest BCUT2D eigenvalue weighted by molar-refractivity contribution is 1.12. The Hall–Kier alpha value is -2.29. The van der Waals surface area contributed by atoms with Crippen LogP contribution in [-0.2, 0) is 6.54 Å². The molecule has 3 aromatic rings. The lowest BCUT2D eigenvalue weighted by Gasteiger charge is -2.08. The van der Waals surface area contributed by atoms with Gasteiger partial charge in [0.25, 0.3) is 0 Å². The molecule has 0 spiro atoms. The number of H-pyrrole nitrogens is 1.